The fourth-order valence-corrected chi connectivity index (χ4v) is 4.62. The van der Waals surface area contributed by atoms with Crippen molar-refractivity contribution < 1.29 is 14.3 Å². The number of aromatic nitrogens is 1. The Kier molecular flexibility index (Phi) is 6.05. The van der Waals surface area contributed by atoms with Crippen LogP contribution in [0, 0.1) is 5.92 Å². The minimum atomic E-state index is -0.291. The number of para-hydroxylation sites is 1. The number of fused-ring (bicyclic) bond motifs is 1. The minimum Gasteiger partial charge on any atom is -0.444 e. The molecule has 2 aromatic rings. The zero-order valence-electron chi connectivity index (χ0n) is 18.0. The SMILES string of the molecule is CC(C)NC(=O)c1cnc(N2CC[C@H](N3C(=O)OCc4ccccc43)[C@H](C)C2)c(Cl)c1. The molecule has 1 saturated heterocycles. The fourth-order valence-electron chi connectivity index (χ4n) is 4.33. The Hall–Kier alpha value is -2.80. The average molecular weight is 443 g/mol. The number of nitrogens with zero attached hydrogens (tertiary/aromatic N) is 3. The summed E-state index contributed by atoms with van der Waals surface area (Å²) in [6, 6.07) is 9.61. The molecule has 1 aromatic carbocycles. The Bertz CT molecular complexity index is 997. The van der Waals surface area contributed by atoms with E-state index in [0.717, 1.165) is 17.7 Å². The van der Waals surface area contributed by atoms with E-state index in [0.29, 0.717) is 36.1 Å². The molecule has 2 aliphatic rings. The number of hydrogen-bond donors (Lipinski definition) is 1. The Balaban J connectivity index is 1.50. The number of benzene rings is 1. The van der Waals surface area contributed by atoms with Gasteiger partial charge in [-0.05, 0) is 38.3 Å². The van der Waals surface area contributed by atoms with Crippen molar-refractivity contribution in [2.24, 2.45) is 5.92 Å². The molecule has 4 rings (SSSR count). The highest BCUT2D eigenvalue weighted by atomic mass is 35.5. The number of nitrogens with one attached hydrogen (secondary N) is 1. The maximum absolute atomic E-state index is 12.6. The van der Waals surface area contributed by atoms with Crippen LogP contribution in [0.2, 0.25) is 5.02 Å². The highest BCUT2D eigenvalue weighted by molar-refractivity contribution is 6.33. The maximum Gasteiger partial charge on any atom is 0.414 e. The number of carbonyl (C=O) groups is 2. The summed E-state index contributed by atoms with van der Waals surface area (Å²) in [5, 5.41) is 3.30. The van der Waals surface area contributed by atoms with E-state index >= 15 is 0 Å². The molecule has 2 amide bonds. The first kappa shape index (κ1) is 21.4. The van der Waals surface area contributed by atoms with Crippen molar-refractivity contribution in [2.45, 2.75) is 45.9 Å². The number of anilines is 2. The first-order chi connectivity index (χ1) is 14.8. The zero-order chi connectivity index (χ0) is 22.1. The van der Waals surface area contributed by atoms with Crippen LogP contribution in [0.4, 0.5) is 16.3 Å². The second kappa shape index (κ2) is 8.75. The zero-order valence-corrected chi connectivity index (χ0v) is 18.7. The molecular formula is C23H27ClN4O3. The summed E-state index contributed by atoms with van der Waals surface area (Å²) in [4.78, 5) is 33.2. The molecule has 0 radical (unpaired) electrons. The minimum absolute atomic E-state index is 0.0278. The van der Waals surface area contributed by atoms with Gasteiger partial charge >= 0.3 is 6.09 Å². The summed E-state index contributed by atoms with van der Waals surface area (Å²) in [6.45, 7) is 7.65. The number of amides is 2. The molecule has 3 heterocycles. The van der Waals surface area contributed by atoms with Crippen molar-refractivity contribution >= 4 is 35.1 Å². The third-order valence-corrected chi connectivity index (χ3v) is 6.07. The van der Waals surface area contributed by atoms with Gasteiger partial charge in [0.15, 0.2) is 0 Å². The summed E-state index contributed by atoms with van der Waals surface area (Å²) < 4.78 is 5.41. The Morgan fingerprint density at radius 2 is 2.10 bits per heavy atom. The molecule has 0 bridgehead atoms. The van der Waals surface area contributed by atoms with Gasteiger partial charge in [-0.3, -0.25) is 9.69 Å². The van der Waals surface area contributed by atoms with Crippen LogP contribution in [0.25, 0.3) is 0 Å². The maximum atomic E-state index is 12.6. The van der Waals surface area contributed by atoms with Gasteiger partial charge in [0.1, 0.15) is 12.4 Å². The molecule has 1 N–H and O–H groups in total. The average Bonchev–Trinajstić information content (AvgIpc) is 2.73. The molecular weight excluding hydrogens is 416 g/mol. The van der Waals surface area contributed by atoms with Gasteiger partial charge in [-0.2, -0.15) is 0 Å². The lowest BCUT2D eigenvalue weighted by molar-refractivity contribution is 0.0942. The van der Waals surface area contributed by atoms with E-state index in [1.165, 1.54) is 0 Å². The van der Waals surface area contributed by atoms with Gasteiger partial charge in [-0.25, -0.2) is 9.78 Å². The highest BCUT2D eigenvalue weighted by Crippen LogP contribution is 2.35. The number of ether oxygens (including phenoxy) is 1. The van der Waals surface area contributed by atoms with Crippen molar-refractivity contribution in [2.75, 3.05) is 22.9 Å². The van der Waals surface area contributed by atoms with Gasteiger partial charge < -0.3 is 15.0 Å². The van der Waals surface area contributed by atoms with Crippen molar-refractivity contribution in [3.8, 4) is 0 Å². The molecule has 0 saturated carbocycles. The van der Waals surface area contributed by atoms with Crippen LogP contribution >= 0.6 is 11.6 Å². The van der Waals surface area contributed by atoms with Crippen molar-refractivity contribution in [1.29, 1.82) is 0 Å². The summed E-state index contributed by atoms with van der Waals surface area (Å²) in [6.07, 6.45) is 2.03. The standard InChI is InChI=1S/C23H27ClN4O3/c1-14(2)26-22(29)17-10-18(24)21(25-11-17)27-9-8-19(15(3)12-27)28-20-7-5-4-6-16(20)13-31-23(28)30/h4-7,10-11,14-15,19H,8-9,12-13H2,1-3H3,(H,26,29)/t15-,19+/m1/s1. The lowest BCUT2D eigenvalue weighted by Gasteiger charge is -2.44. The number of hydrogen-bond acceptors (Lipinski definition) is 5. The first-order valence-corrected chi connectivity index (χ1v) is 11.0. The van der Waals surface area contributed by atoms with Crippen LogP contribution in [0.1, 0.15) is 43.1 Å². The van der Waals surface area contributed by atoms with Gasteiger partial charge in [-0.1, -0.05) is 36.7 Å². The number of piperidine rings is 1. The van der Waals surface area contributed by atoms with Crippen molar-refractivity contribution in [3.63, 3.8) is 0 Å². The molecule has 8 heteroatoms. The Labute approximate surface area is 187 Å². The smallest absolute Gasteiger partial charge is 0.414 e. The van der Waals surface area contributed by atoms with Gasteiger partial charge in [0.2, 0.25) is 0 Å². The van der Waals surface area contributed by atoms with Crippen LogP contribution in [-0.2, 0) is 11.3 Å². The lowest BCUT2D eigenvalue weighted by atomic mass is 9.91. The monoisotopic (exact) mass is 442 g/mol. The third kappa shape index (κ3) is 4.32. The number of cyclic esters (lactones) is 1. The van der Waals surface area contributed by atoms with E-state index in [9.17, 15) is 9.59 Å². The van der Waals surface area contributed by atoms with Gasteiger partial charge in [0, 0.05) is 36.9 Å². The summed E-state index contributed by atoms with van der Waals surface area (Å²) in [7, 11) is 0. The van der Waals surface area contributed by atoms with Crippen LogP contribution in [0.3, 0.4) is 0 Å². The van der Waals surface area contributed by atoms with Crippen LogP contribution in [0.5, 0.6) is 0 Å². The molecule has 0 aliphatic carbocycles. The Morgan fingerprint density at radius 3 is 2.81 bits per heavy atom. The lowest BCUT2D eigenvalue weighted by Crippen LogP contribution is -2.54. The van der Waals surface area contributed by atoms with Crippen molar-refractivity contribution in [1.82, 2.24) is 10.3 Å². The molecule has 1 fully saturated rings. The van der Waals surface area contributed by atoms with Gasteiger partial charge in [0.05, 0.1) is 16.3 Å². The van der Waals surface area contributed by atoms with Crippen LogP contribution in [0.15, 0.2) is 36.5 Å². The van der Waals surface area contributed by atoms with E-state index in [2.05, 4.69) is 22.1 Å². The van der Waals surface area contributed by atoms with E-state index in [1.807, 2.05) is 38.1 Å². The predicted octanol–water partition coefficient (Wildman–Crippen LogP) is 4.24. The molecule has 1 aromatic heterocycles. The molecule has 164 valence electrons. The number of halogens is 1. The molecule has 31 heavy (non-hydrogen) atoms. The van der Waals surface area contributed by atoms with Crippen LogP contribution in [-0.4, -0.2) is 42.2 Å². The summed E-state index contributed by atoms with van der Waals surface area (Å²) >= 11 is 6.50. The molecule has 2 atom stereocenters. The number of rotatable bonds is 4. The Morgan fingerprint density at radius 1 is 1.32 bits per heavy atom. The van der Waals surface area contributed by atoms with E-state index < -0.39 is 0 Å². The second-order valence-corrected chi connectivity index (χ2v) is 8.90. The highest BCUT2D eigenvalue weighted by Gasteiger charge is 2.38. The normalized spacial score (nSPS) is 21.0. The summed E-state index contributed by atoms with van der Waals surface area (Å²) in [5.74, 6) is 0.647. The molecule has 0 spiro atoms. The topological polar surface area (TPSA) is 74.8 Å². The second-order valence-electron chi connectivity index (χ2n) is 8.49. The van der Waals surface area contributed by atoms with Crippen molar-refractivity contribution in [3.05, 3.63) is 52.7 Å². The molecule has 2 aliphatic heterocycles. The van der Waals surface area contributed by atoms with Crippen LogP contribution < -0.4 is 15.1 Å². The largest absolute Gasteiger partial charge is 0.444 e. The quantitative estimate of drug-likeness (QED) is 0.766. The van der Waals surface area contributed by atoms with E-state index in [-0.39, 0.29) is 30.0 Å². The number of pyridine rings is 1. The van der Waals surface area contributed by atoms with E-state index in [4.69, 9.17) is 16.3 Å². The predicted molar refractivity (Wildman–Crippen MR) is 121 cm³/mol. The number of carbonyl (C=O) groups excluding carboxylic acids is 2. The van der Waals surface area contributed by atoms with Gasteiger partial charge in [0.25, 0.3) is 5.91 Å². The first-order valence-electron chi connectivity index (χ1n) is 10.6. The molecule has 7 nitrogen and oxygen atoms in total. The fraction of sp³-hybridized carbons (Fsp3) is 0.435. The third-order valence-electron chi connectivity index (χ3n) is 5.79. The molecule has 0 unspecified atom stereocenters. The summed E-state index contributed by atoms with van der Waals surface area (Å²) in [5.41, 5.74) is 2.40. The van der Waals surface area contributed by atoms with E-state index in [1.54, 1.807) is 17.2 Å². The van der Waals surface area contributed by atoms with Gasteiger partial charge in [-0.15, -0.1) is 0 Å².